The fourth-order valence-electron chi connectivity index (χ4n) is 2.13. The highest BCUT2D eigenvalue weighted by Crippen LogP contribution is 2.25. The number of methoxy groups -OCH3 is 1. The van der Waals surface area contributed by atoms with E-state index in [9.17, 15) is 13.2 Å². The molecule has 22 heavy (non-hydrogen) atoms. The number of sulfonamides is 1. The maximum absolute atomic E-state index is 12.5. The number of aryl methyl sites for hydroxylation is 1. The summed E-state index contributed by atoms with van der Waals surface area (Å²) in [6.45, 7) is 3.08. The molecule has 116 valence electrons. The number of benzene rings is 2. The first-order chi connectivity index (χ1) is 10.3. The van der Waals surface area contributed by atoms with Crippen LogP contribution in [0.25, 0.3) is 0 Å². The number of hydrogen-bond acceptors (Lipinski definition) is 4. The van der Waals surface area contributed by atoms with Gasteiger partial charge in [-0.15, -0.1) is 0 Å². The summed E-state index contributed by atoms with van der Waals surface area (Å²) < 4.78 is 32.6. The molecule has 0 unspecified atom stereocenters. The Hall–Kier alpha value is -2.34. The van der Waals surface area contributed by atoms with Gasteiger partial charge < -0.3 is 4.74 Å². The Morgan fingerprint density at radius 1 is 1.14 bits per heavy atom. The number of ether oxygens (including phenoxy) is 1. The van der Waals surface area contributed by atoms with Crippen LogP contribution in [0.3, 0.4) is 0 Å². The van der Waals surface area contributed by atoms with Gasteiger partial charge >= 0.3 is 0 Å². The van der Waals surface area contributed by atoms with E-state index in [0.29, 0.717) is 16.9 Å². The SMILES string of the molecule is COc1ccc(S(=O)(=O)Nc2ccccc2C(C)=O)c(C)c1. The number of carbonyl (C=O) groups is 1. The molecule has 0 aliphatic carbocycles. The second kappa shape index (κ2) is 6.19. The van der Waals surface area contributed by atoms with Crippen molar-refractivity contribution in [3.8, 4) is 5.75 Å². The molecule has 2 rings (SSSR count). The van der Waals surface area contributed by atoms with E-state index < -0.39 is 10.0 Å². The minimum atomic E-state index is -3.78. The normalized spacial score (nSPS) is 11.0. The van der Waals surface area contributed by atoms with Crippen LogP contribution in [-0.4, -0.2) is 21.3 Å². The lowest BCUT2D eigenvalue weighted by Gasteiger charge is -2.13. The monoisotopic (exact) mass is 319 g/mol. The van der Waals surface area contributed by atoms with Crippen molar-refractivity contribution < 1.29 is 17.9 Å². The Morgan fingerprint density at radius 2 is 1.82 bits per heavy atom. The van der Waals surface area contributed by atoms with E-state index in [2.05, 4.69) is 4.72 Å². The zero-order valence-electron chi connectivity index (χ0n) is 12.6. The summed E-state index contributed by atoms with van der Waals surface area (Å²) in [4.78, 5) is 11.7. The van der Waals surface area contributed by atoms with Crippen LogP contribution in [0.2, 0.25) is 0 Å². The number of anilines is 1. The predicted molar refractivity (Wildman–Crippen MR) is 85.0 cm³/mol. The van der Waals surface area contributed by atoms with Gasteiger partial charge in [0.1, 0.15) is 5.75 Å². The van der Waals surface area contributed by atoms with Crippen LogP contribution in [-0.2, 0) is 10.0 Å². The summed E-state index contributed by atoms with van der Waals surface area (Å²) in [7, 11) is -2.26. The average Bonchev–Trinajstić information content (AvgIpc) is 2.46. The van der Waals surface area contributed by atoms with Crippen molar-refractivity contribution >= 4 is 21.5 Å². The van der Waals surface area contributed by atoms with Gasteiger partial charge in [-0.05, 0) is 49.7 Å². The predicted octanol–water partition coefficient (Wildman–Crippen LogP) is 3.01. The van der Waals surface area contributed by atoms with Gasteiger partial charge in [0.05, 0.1) is 17.7 Å². The van der Waals surface area contributed by atoms with Crippen molar-refractivity contribution in [3.05, 3.63) is 53.6 Å². The number of Topliss-reactive ketones (excluding diaryl/α,β-unsaturated/α-hetero) is 1. The highest BCUT2D eigenvalue weighted by atomic mass is 32.2. The molecular formula is C16H17NO4S. The third-order valence-corrected chi connectivity index (χ3v) is 4.75. The topological polar surface area (TPSA) is 72.5 Å². The zero-order valence-corrected chi connectivity index (χ0v) is 13.4. The minimum absolute atomic E-state index is 0.145. The minimum Gasteiger partial charge on any atom is -0.497 e. The highest BCUT2D eigenvalue weighted by Gasteiger charge is 2.19. The van der Waals surface area contributed by atoms with Crippen LogP contribution in [0.4, 0.5) is 5.69 Å². The van der Waals surface area contributed by atoms with Crippen molar-refractivity contribution in [2.24, 2.45) is 0 Å². The standard InChI is InChI=1S/C16H17NO4S/c1-11-10-13(21-3)8-9-16(11)22(19,20)17-15-7-5-4-6-14(15)12(2)18/h4-10,17H,1-3H3. The Bertz CT molecular complexity index is 813. The molecule has 0 heterocycles. The van der Waals surface area contributed by atoms with Crippen molar-refractivity contribution in [2.45, 2.75) is 18.7 Å². The lowest BCUT2D eigenvalue weighted by Crippen LogP contribution is -2.16. The molecule has 0 spiro atoms. The molecule has 0 aromatic heterocycles. The van der Waals surface area contributed by atoms with Crippen LogP contribution >= 0.6 is 0 Å². The molecule has 0 fully saturated rings. The van der Waals surface area contributed by atoms with E-state index in [-0.39, 0.29) is 16.4 Å². The summed E-state index contributed by atoms with van der Waals surface area (Å²) in [5.41, 5.74) is 1.16. The van der Waals surface area contributed by atoms with Gasteiger partial charge in [-0.25, -0.2) is 8.42 Å². The van der Waals surface area contributed by atoms with Gasteiger partial charge in [-0.1, -0.05) is 12.1 Å². The number of rotatable bonds is 5. The fourth-order valence-corrected chi connectivity index (χ4v) is 3.44. The highest BCUT2D eigenvalue weighted by molar-refractivity contribution is 7.92. The van der Waals surface area contributed by atoms with E-state index in [1.165, 1.54) is 20.1 Å². The summed E-state index contributed by atoms with van der Waals surface area (Å²) in [6, 6.07) is 11.2. The van der Waals surface area contributed by atoms with Crippen molar-refractivity contribution in [3.63, 3.8) is 0 Å². The molecular weight excluding hydrogens is 302 g/mol. The molecule has 0 atom stereocenters. The number of nitrogens with one attached hydrogen (secondary N) is 1. The van der Waals surface area contributed by atoms with Gasteiger partial charge in [0.25, 0.3) is 10.0 Å². The van der Waals surface area contributed by atoms with Crippen LogP contribution < -0.4 is 9.46 Å². The third-order valence-electron chi connectivity index (χ3n) is 3.22. The van der Waals surface area contributed by atoms with Gasteiger partial charge in [-0.3, -0.25) is 9.52 Å². The first kappa shape index (κ1) is 16.0. The van der Waals surface area contributed by atoms with E-state index in [0.717, 1.165) is 0 Å². The second-order valence-corrected chi connectivity index (χ2v) is 6.49. The smallest absolute Gasteiger partial charge is 0.262 e. The van der Waals surface area contributed by atoms with Gasteiger partial charge in [-0.2, -0.15) is 0 Å². The van der Waals surface area contributed by atoms with Crippen LogP contribution in [0.5, 0.6) is 5.75 Å². The van der Waals surface area contributed by atoms with Gasteiger partial charge in [0, 0.05) is 5.56 Å². The first-order valence-corrected chi connectivity index (χ1v) is 8.11. The number of ketones is 1. The Labute approximate surface area is 130 Å². The molecule has 0 aliphatic heterocycles. The molecule has 0 aliphatic rings. The quantitative estimate of drug-likeness (QED) is 0.860. The summed E-state index contributed by atoms with van der Waals surface area (Å²) >= 11 is 0. The molecule has 6 heteroatoms. The van der Waals surface area contributed by atoms with Crippen LogP contribution in [0.15, 0.2) is 47.4 Å². The van der Waals surface area contributed by atoms with Crippen molar-refractivity contribution in [2.75, 3.05) is 11.8 Å². The molecule has 1 N–H and O–H groups in total. The molecule has 0 amide bonds. The maximum atomic E-state index is 12.5. The Kier molecular flexibility index (Phi) is 4.51. The number of para-hydroxylation sites is 1. The lowest BCUT2D eigenvalue weighted by molar-refractivity contribution is 0.101. The lowest BCUT2D eigenvalue weighted by atomic mass is 10.1. The van der Waals surface area contributed by atoms with Crippen molar-refractivity contribution in [1.82, 2.24) is 0 Å². The number of hydrogen-bond donors (Lipinski definition) is 1. The molecule has 2 aromatic rings. The van der Waals surface area contributed by atoms with E-state index >= 15 is 0 Å². The van der Waals surface area contributed by atoms with E-state index in [1.54, 1.807) is 43.3 Å². The molecule has 0 bridgehead atoms. The molecule has 0 saturated carbocycles. The third kappa shape index (κ3) is 3.28. The van der Waals surface area contributed by atoms with E-state index in [4.69, 9.17) is 4.74 Å². The molecule has 0 saturated heterocycles. The number of carbonyl (C=O) groups excluding carboxylic acids is 1. The first-order valence-electron chi connectivity index (χ1n) is 6.62. The van der Waals surface area contributed by atoms with Crippen LogP contribution in [0, 0.1) is 6.92 Å². The van der Waals surface area contributed by atoms with Crippen molar-refractivity contribution in [1.29, 1.82) is 0 Å². The van der Waals surface area contributed by atoms with Gasteiger partial charge in [0.15, 0.2) is 5.78 Å². The average molecular weight is 319 g/mol. The maximum Gasteiger partial charge on any atom is 0.262 e. The molecule has 2 aromatic carbocycles. The largest absolute Gasteiger partial charge is 0.497 e. The van der Waals surface area contributed by atoms with Crippen LogP contribution in [0.1, 0.15) is 22.8 Å². The van der Waals surface area contributed by atoms with E-state index in [1.807, 2.05) is 0 Å². The molecule has 5 nitrogen and oxygen atoms in total. The summed E-state index contributed by atoms with van der Waals surface area (Å²) in [5.74, 6) is 0.380. The zero-order chi connectivity index (χ0) is 16.3. The second-order valence-electron chi connectivity index (χ2n) is 4.84. The Morgan fingerprint density at radius 3 is 2.41 bits per heavy atom. The van der Waals surface area contributed by atoms with Gasteiger partial charge in [0.2, 0.25) is 0 Å². The fraction of sp³-hybridized carbons (Fsp3) is 0.188. The summed E-state index contributed by atoms with van der Waals surface area (Å²) in [5, 5.41) is 0. The Balaban J connectivity index is 2.43. The summed E-state index contributed by atoms with van der Waals surface area (Å²) in [6.07, 6.45) is 0. The molecule has 0 radical (unpaired) electrons.